The molecule has 0 aliphatic carbocycles. The Morgan fingerprint density at radius 2 is 1.76 bits per heavy atom. The number of methoxy groups -OCH3 is 1. The molecule has 1 amide bonds. The van der Waals surface area contributed by atoms with Crippen molar-refractivity contribution in [1.82, 2.24) is 4.90 Å². The third-order valence-corrected chi connectivity index (χ3v) is 9.19. The lowest BCUT2D eigenvalue weighted by atomic mass is 10.1. The normalized spacial score (nSPS) is 17.7. The van der Waals surface area contributed by atoms with Gasteiger partial charge in [-0.2, -0.15) is 0 Å². The third kappa shape index (κ3) is 5.50. The first-order valence-corrected chi connectivity index (χ1v) is 14.0. The van der Waals surface area contributed by atoms with Gasteiger partial charge in [0.1, 0.15) is 5.75 Å². The van der Waals surface area contributed by atoms with Gasteiger partial charge < -0.3 is 9.64 Å². The molecule has 33 heavy (non-hydrogen) atoms. The van der Waals surface area contributed by atoms with Crippen LogP contribution in [0.3, 0.4) is 0 Å². The van der Waals surface area contributed by atoms with Crippen LogP contribution in [0.15, 0.2) is 53.4 Å². The van der Waals surface area contributed by atoms with Crippen LogP contribution in [0, 0.1) is 5.92 Å². The molecule has 0 bridgehead atoms. The van der Waals surface area contributed by atoms with E-state index in [0.29, 0.717) is 30.0 Å². The van der Waals surface area contributed by atoms with Crippen molar-refractivity contribution in [3.63, 3.8) is 0 Å². The van der Waals surface area contributed by atoms with Gasteiger partial charge in [0, 0.05) is 25.2 Å². The molecule has 2 aromatic carbocycles. The van der Waals surface area contributed by atoms with Crippen molar-refractivity contribution in [3.05, 3.63) is 54.1 Å². The molecular formula is C23H30N2O6S2. The van der Waals surface area contributed by atoms with Crippen molar-refractivity contribution in [2.24, 2.45) is 5.92 Å². The molecule has 0 radical (unpaired) electrons. The predicted molar refractivity (Wildman–Crippen MR) is 128 cm³/mol. The fraction of sp³-hybridized carbons (Fsp3) is 0.435. The second kappa shape index (κ2) is 9.72. The van der Waals surface area contributed by atoms with Gasteiger partial charge in [0.15, 0.2) is 9.84 Å². The number of nitrogens with zero attached hydrogens (tertiary/aromatic N) is 2. The van der Waals surface area contributed by atoms with Crippen LogP contribution in [-0.4, -0.2) is 65.9 Å². The van der Waals surface area contributed by atoms with E-state index < -0.39 is 19.9 Å². The molecule has 1 aliphatic rings. The maximum atomic E-state index is 13.2. The van der Waals surface area contributed by atoms with Crippen LogP contribution in [0.5, 0.6) is 5.75 Å². The number of hydrogen-bond donors (Lipinski definition) is 0. The molecule has 0 saturated carbocycles. The van der Waals surface area contributed by atoms with E-state index in [4.69, 9.17) is 4.74 Å². The van der Waals surface area contributed by atoms with Crippen molar-refractivity contribution >= 4 is 31.5 Å². The highest BCUT2D eigenvalue weighted by Gasteiger charge is 2.35. The minimum Gasteiger partial charge on any atom is -0.495 e. The predicted octanol–water partition coefficient (Wildman–Crippen LogP) is 2.81. The van der Waals surface area contributed by atoms with Gasteiger partial charge in [-0.15, -0.1) is 0 Å². The maximum Gasteiger partial charge on any atom is 0.264 e. The van der Waals surface area contributed by atoms with E-state index in [1.54, 1.807) is 29.2 Å². The minimum atomic E-state index is -3.89. The Labute approximate surface area is 196 Å². The van der Waals surface area contributed by atoms with E-state index >= 15 is 0 Å². The molecule has 0 unspecified atom stereocenters. The highest BCUT2D eigenvalue weighted by atomic mass is 32.2. The summed E-state index contributed by atoms with van der Waals surface area (Å²) in [7, 11) is -4.12. The van der Waals surface area contributed by atoms with E-state index in [0.717, 1.165) is 4.31 Å². The molecule has 8 nitrogen and oxygen atoms in total. The lowest BCUT2D eigenvalue weighted by Gasteiger charge is -2.30. The molecular weight excluding hydrogens is 464 g/mol. The molecule has 2 aromatic rings. The number of sulfone groups is 1. The molecule has 1 aliphatic heterocycles. The first kappa shape index (κ1) is 25.0. The van der Waals surface area contributed by atoms with Crippen LogP contribution in [0.4, 0.5) is 5.69 Å². The summed E-state index contributed by atoms with van der Waals surface area (Å²) in [6.07, 6.45) is 0.414. The van der Waals surface area contributed by atoms with Gasteiger partial charge in [-0.25, -0.2) is 16.8 Å². The highest BCUT2D eigenvalue weighted by Crippen LogP contribution is 2.31. The maximum absolute atomic E-state index is 13.2. The number of rotatable bonds is 8. The monoisotopic (exact) mass is 494 g/mol. The molecule has 1 fully saturated rings. The summed E-state index contributed by atoms with van der Waals surface area (Å²) in [5.74, 6) is 0.318. The molecule has 3 rings (SSSR count). The van der Waals surface area contributed by atoms with Gasteiger partial charge in [0.25, 0.3) is 15.9 Å². The quantitative estimate of drug-likeness (QED) is 0.559. The lowest BCUT2D eigenvalue weighted by Crippen LogP contribution is -2.43. The summed E-state index contributed by atoms with van der Waals surface area (Å²) in [4.78, 5) is 14.9. The standard InChI is InChI=1S/C23H30N2O6S2/c1-17(2)15-25(19-13-14-32(27,28)16-19)23(26)18-9-11-20(12-10-18)33(29,30)24(3)21-7-5-6-8-22(21)31-4/h5-12,17,19H,13-16H2,1-4H3/t19-/m0/s1. The summed E-state index contributed by atoms with van der Waals surface area (Å²) < 4.78 is 56.6. The summed E-state index contributed by atoms with van der Waals surface area (Å²) >= 11 is 0. The number of anilines is 1. The van der Waals surface area contributed by atoms with Crippen LogP contribution >= 0.6 is 0 Å². The molecule has 0 spiro atoms. The van der Waals surface area contributed by atoms with Crippen molar-refractivity contribution in [2.75, 3.05) is 36.5 Å². The first-order valence-electron chi connectivity index (χ1n) is 10.7. The first-order chi connectivity index (χ1) is 15.5. The van der Waals surface area contributed by atoms with Gasteiger partial charge >= 0.3 is 0 Å². The molecule has 0 N–H and O–H groups in total. The Bertz CT molecular complexity index is 1210. The average Bonchev–Trinajstić information content (AvgIpc) is 3.15. The van der Waals surface area contributed by atoms with Gasteiger partial charge in [0.05, 0.1) is 29.2 Å². The van der Waals surface area contributed by atoms with E-state index in [1.807, 2.05) is 13.8 Å². The Kier molecular flexibility index (Phi) is 7.38. The summed E-state index contributed by atoms with van der Waals surface area (Å²) in [5, 5.41) is 0. The highest BCUT2D eigenvalue weighted by molar-refractivity contribution is 7.92. The second-order valence-electron chi connectivity index (χ2n) is 8.58. The fourth-order valence-corrected chi connectivity index (χ4v) is 6.86. The molecule has 0 aromatic heterocycles. The Hall–Kier alpha value is -2.59. The molecule has 1 heterocycles. The SMILES string of the molecule is COc1ccccc1N(C)S(=O)(=O)c1ccc(C(=O)N(CC(C)C)[C@H]2CCS(=O)(=O)C2)cc1. The number of para-hydroxylation sites is 2. The van der Waals surface area contributed by atoms with Crippen molar-refractivity contribution in [3.8, 4) is 5.75 Å². The molecule has 1 saturated heterocycles. The van der Waals surface area contributed by atoms with Gasteiger partial charge in [-0.05, 0) is 48.7 Å². The zero-order valence-corrected chi connectivity index (χ0v) is 20.9. The van der Waals surface area contributed by atoms with Crippen molar-refractivity contribution in [1.29, 1.82) is 0 Å². The van der Waals surface area contributed by atoms with Gasteiger partial charge in [-0.3, -0.25) is 9.10 Å². The number of sulfonamides is 1. The number of hydrogen-bond acceptors (Lipinski definition) is 6. The zero-order valence-electron chi connectivity index (χ0n) is 19.3. The number of ether oxygens (including phenoxy) is 1. The van der Waals surface area contributed by atoms with E-state index in [2.05, 4.69) is 0 Å². The molecule has 10 heteroatoms. The van der Waals surface area contributed by atoms with Gasteiger partial charge in [0.2, 0.25) is 0 Å². The van der Waals surface area contributed by atoms with Crippen LogP contribution in [0.1, 0.15) is 30.6 Å². The summed E-state index contributed by atoms with van der Waals surface area (Å²) in [6, 6.07) is 12.2. The topological polar surface area (TPSA) is 101 Å². The Morgan fingerprint density at radius 1 is 1.12 bits per heavy atom. The fourth-order valence-electron chi connectivity index (χ4n) is 3.93. The average molecular weight is 495 g/mol. The smallest absolute Gasteiger partial charge is 0.264 e. The Balaban J connectivity index is 1.86. The van der Waals surface area contributed by atoms with Gasteiger partial charge in [-0.1, -0.05) is 26.0 Å². The lowest BCUT2D eigenvalue weighted by molar-refractivity contribution is 0.0672. The second-order valence-corrected chi connectivity index (χ2v) is 12.8. The zero-order chi connectivity index (χ0) is 24.4. The molecule has 1 atom stereocenters. The summed E-state index contributed by atoms with van der Waals surface area (Å²) in [5.41, 5.74) is 0.713. The summed E-state index contributed by atoms with van der Waals surface area (Å²) in [6.45, 7) is 4.36. The van der Waals surface area contributed by atoms with Crippen molar-refractivity contribution in [2.45, 2.75) is 31.2 Å². The largest absolute Gasteiger partial charge is 0.495 e. The van der Waals surface area contributed by atoms with Crippen molar-refractivity contribution < 1.29 is 26.4 Å². The number of carbonyl (C=O) groups is 1. The third-order valence-electron chi connectivity index (χ3n) is 5.66. The van der Waals surface area contributed by atoms with Crippen LogP contribution in [0.25, 0.3) is 0 Å². The number of amides is 1. The van der Waals surface area contributed by atoms with E-state index in [-0.39, 0.29) is 34.3 Å². The van der Waals surface area contributed by atoms with E-state index in [9.17, 15) is 21.6 Å². The van der Waals surface area contributed by atoms with E-state index in [1.165, 1.54) is 38.4 Å². The van der Waals surface area contributed by atoms with Crippen LogP contribution in [-0.2, 0) is 19.9 Å². The number of benzene rings is 2. The van der Waals surface area contributed by atoms with Crippen LogP contribution < -0.4 is 9.04 Å². The van der Waals surface area contributed by atoms with Crippen LogP contribution in [0.2, 0.25) is 0 Å². The number of carbonyl (C=O) groups excluding carboxylic acids is 1. The Morgan fingerprint density at radius 3 is 2.30 bits per heavy atom. The minimum absolute atomic E-state index is 0.0336. The molecule has 180 valence electrons.